The molecular formula is C24H27FO3. The van der Waals surface area contributed by atoms with Gasteiger partial charge in [0.2, 0.25) is 0 Å². The number of carbonyl (C=O) groups is 2. The average molecular weight is 382 g/mol. The lowest BCUT2D eigenvalue weighted by Crippen LogP contribution is -2.58. The first-order chi connectivity index (χ1) is 13.0. The fourth-order valence-corrected chi connectivity index (χ4v) is 4.12. The van der Waals surface area contributed by atoms with Gasteiger partial charge in [-0.25, -0.2) is 4.39 Å². The third-order valence-electron chi connectivity index (χ3n) is 5.64. The molecule has 0 aliphatic carbocycles. The van der Waals surface area contributed by atoms with Gasteiger partial charge in [0, 0.05) is 0 Å². The second kappa shape index (κ2) is 6.93. The first-order valence-corrected chi connectivity index (χ1v) is 9.66. The SMILES string of the molecule is CCc1cc(-c2cccc(F)c2C)ccc1C1C(=O)C(C)(C)OC(C)(C)C1=O. The summed E-state index contributed by atoms with van der Waals surface area (Å²) < 4.78 is 19.8. The molecule has 0 spiro atoms. The molecular weight excluding hydrogens is 355 g/mol. The third kappa shape index (κ3) is 3.30. The van der Waals surface area contributed by atoms with Crippen LogP contribution in [-0.2, 0) is 20.7 Å². The maximum absolute atomic E-state index is 14.0. The van der Waals surface area contributed by atoms with Crippen molar-refractivity contribution in [2.45, 2.75) is 65.1 Å². The van der Waals surface area contributed by atoms with Gasteiger partial charge in [0.15, 0.2) is 11.6 Å². The average Bonchev–Trinajstić information content (AvgIpc) is 2.62. The quantitative estimate of drug-likeness (QED) is 0.688. The van der Waals surface area contributed by atoms with E-state index in [1.165, 1.54) is 6.07 Å². The molecule has 0 amide bonds. The normalized spacial score (nSPS) is 19.1. The topological polar surface area (TPSA) is 43.4 Å². The number of carbonyl (C=O) groups excluding carboxylic acids is 2. The molecule has 28 heavy (non-hydrogen) atoms. The van der Waals surface area contributed by atoms with Crippen LogP contribution < -0.4 is 0 Å². The Morgan fingerprint density at radius 1 is 1.00 bits per heavy atom. The lowest BCUT2D eigenvalue weighted by Gasteiger charge is -2.43. The maximum Gasteiger partial charge on any atom is 0.179 e. The summed E-state index contributed by atoms with van der Waals surface area (Å²) in [6, 6.07) is 10.7. The molecule has 2 aromatic rings. The minimum atomic E-state index is -1.04. The standard InChI is InChI=1S/C24H27FO3/c1-7-15-13-16(17-9-8-10-19(25)14(17)2)11-12-18(15)20-21(26)23(3,4)28-24(5,6)22(20)27/h8-13,20H,7H2,1-6H3. The number of rotatable bonds is 3. The molecule has 1 fully saturated rings. The summed E-state index contributed by atoms with van der Waals surface area (Å²) in [5, 5.41) is 0. The van der Waals surface area contributed by atoms with Gasteiger partial charge in [-0.15, -0.1) is 0 Å². The smallest absolute Gasteiger partial charge is 0.179 e. The monoisotopic (exact) mass is 382 g/mol. The third-order valence-corrected chi connectivity index (χ3v) is 5.64. The van der Waals surface area contributed by atoms with E-state index in [2.05, 4.69) is 0 Å². The van der Waals surface area contributed by atoms with E-state index in [-0.39, 0.29) is 17.4 Å². The van der Waals surface area contributed by atoms with Crippen molar-refractivity contribution in [2.75, 3.05) is 0 Å². The zero-order chi connectivity index (χ0) is 20.9. The van der Waals surface area contributed by atoms with Crippen LogP contribution in [0, 0.1) is 12.7 Å². The summed E-state index contributed by atoms with van der Waals surface area (Å²) in [6.07, 6.45) is 0.663. The molecule has 0 aromatic heterocycles. The van der Waals surface area contributed by atoms with E-state index in [4.69, 9.17) is 4.74 Å². The summed E-state index contributed by atoms with van der Waals surface area (Å²) in [6.45, 7) is 10.6. The molecule has 0 saturated carbocycles. The molecule has 1 saturated heterocycles. The van der Waals surface area contributed by atoms with Gasteiger partial charge in [0.25, 0.3) is 0 Å². The van der Waals surface area contributed by atoms with E-state index in [1.807, 2.05) is 31.2 Å². The Hall–Kier alpha value is -2.33. The largest absolute Gasteiger partial charge is 0.354 e. The number of hydrogen-bond acceptors (Lipinski definition) is 3. The van der Waals surface area contributed by atoms with Gasteiger partial charge >= 0.3 is 0 Å². The fraction of sp³-hybridized carbons (Fsp3) is 0.417. The molecule has 0 unspecified atom stereocenters. The second-order valence-corrected chi connectivity index (χ2v) is 8.46. The Bertz CT molecular complexity index is 930. The minimum absolute atomic E-state index is 0.221. The van der Waals surface area contributed by atoms with Gasteiger partial charge in [0.1, 0.15) is 22.9 Å². The van der Waals surface area contributed by atoms with Crippen LogP contribution in [0.3, 0.4) is 0 Å². The second-order valence-electron chi connectivity index (χ2n) is 8.46. The van der Waals surface area contributed by atoms with Gasteiger partial charge in [-0.2, -0.15) is 0 Å². The van der Waals surface area contributed by atoms with E-state index in [9.17, 15) is 14.0 Å². The molecule has 0 atom stereocenters. The van der Waals surface area contributed by atoms with Crippen molar-refractivity contribution in [3.63, 3.8) is 0 Å². The number of benzene rings is 2. The van der Waals surface area contributed by atoms with Crippen LogP contribution in [0.1, 0.15) is 57.2 Å². The number of ether oxygens (including phenoxy) is 1. The summed E-state index contributed by atoms with van der Waals surface area (Å²) in [7, 11) is 0. The van der Waals surface area contributed by atoms with Crippen LogP contribution in [0.5, 0.6) is 0 Å². The summed E-state index contributed by atoms with van der Waals surface area (Å²) >= 11 is 0. The van der Waals surface area contributed by atoms with Crippen molar-refractivity contribution in [1.82, 2.24) is 0 Å². The number of hydrogen-bond donors (Lipinski definition) is 0. The van der Waals surface area contributed by atoms with Crippen molar-refractivity contribution in [2.24, 2.45) is 0 Å². The van der Waals surface area contributed by atoms with Crippen molar-refractivity contribution < 1.29 is 18.7 Å². The molecule has 4 heteroatoms. The van der Waals surface area contributed by atoms with Crippen LogP contribution in [0.4, 0.5) is 4.39 Å². The van der Waals surface area contributed by atoms with Gasteiger partial charge < -0.3 is 4.74 Å². The Labute approximate surface area is 165 Å². The van der Waals surface area contributed by atoms with E-state index < -0.39 is 17.1 Å². The molecule has 1 aliphatic rings. The van der Waals surface area contributed by atoms with Gasteiger partial charge in [-0.1, -0.05) is 37.3 Å². The molecule has 3 rings (SSSR count). The molecule has 3 nitrogen and oxygen atoms in total. The maximum atomic E-state index is 14.0. The van der Waals surface area contributed by atoms with Crippen molar-refractivity contribution in [1.29, 1.82) is 0 Å². The first kappa shape index (κ1) is 20.4. The highest BCUT2D eigenvalue weighted by Crippen LogP contribution is 2.40. The van der Waals surface area contributed by atoms with E-state index in [1.54, 1.807) is 40.7 Å². The van der Waals surface area contributed by atoms with Crippen LogP contribution >= 0.6 is 0 Å². The van der Waals surface area contributed by atoms with Crippen molar-refractivity contribution >= 4 is 11.6 Å². The lowest BCUT2D eigenvalue weighted by molar-refractivity contribution is -0.184. The Morgan fingerprint density at radius 2 is 1.61 bits per heavy atom. The number of halogens is 1. The van der Waals surface area contributed by atoms with E-state index in [0.717, 1.165) is 22.3 Å². The zero-order valence-electron chi connectivity index (χ0n) is 17.4. The highest BCUT2D eigenvalue weighted by Gasteiger charge is 2.53. The van der Waals surface area contributed by atoms with Crippen molar-refractivity contribution in [3.8, 4) is 11.1 Å². The van der Waals surface area contributed by atoms with Crippen LogP contribution in [-0.4, -0.2) is 22.8 Å². The molecule has 148 valence electrons. The molecule has 0 bridgehead atoms. The zero-order valence-corrected chi connectivity index (χ0v) is 17.4. The number of ketones is 2. The molecule has 1 heterocycles. The molecule has 0 N–H and O–H groups in total. The molecule has 1 aliphatic heterocycles. The summed E-state index contributed by atoms with van der Waals surface area (Å²) in [4.78, 5) is 26.1. The Balaban J connectivity index is 2.13. The van der Waals surface area contributed by atoms with Crippen molar-refractivity contribution in [3.05, 3.63) is 58.9 Å². The molecule has 0 radical (unpaired) electrons. The first-order valence-electron chi connectivity index (χ1n) is 9.66. The van der Waals surface area contributed by atoms with Gasteiger partial charge in [-0.05, 0) is 74.9 Å². The number of Topliss-reactive ketones (excluding diaryl/α,β-unsaturated/α-hetero) is 2. The molecule has 2 aromatic carbocycles. The Kier molecular flexibility index (Phi) is 5.05. The van der Waals surface area contributed by atoms with Gasteiger partial charge in [-0.3, -0.25) is 9.59 Å². The predicted octanol–water partition coefficient (Wildman–Crippen LogP) is 5.17. The number of aryl methyl sites for hydroxylation is 1. The predicted molar refractivity (Wildman–Crippen MR) is 108 cm³/mol. The Morgan fingerprint density at radius 3 is 2.18 bits per heavy atom. The van der Waals surface area contributed by atoms with Gasteiger partial charge in [0.05, 0.1) is 0 Å². The van der Waals surface area contributed by atoms with E-state index >= 15 is 0 Å². The highest BCUT2D eigenvalue weighted by molar-refractivity contribution is 6.15. The van der Waals surface area contributed by atoms with Crippen LogP contribution in [0.2, 0.25) is 0 Å². The lowest BCUT2D eigenvalue weighted by atomic mass is 9.73. The summed E-state index contributed by atoms with van der Waals surface area (Å²) in [5.74, 6) is -1.54. The summed E-state index contributed by atoms with van der Waals surface area (Å²) in [5.41, 5.74) is 1.84. The van der Waals surface area contributed by atoms with E-state index in [0.29, 0.717) is 12.0 Å². The highest BCUT2D eigenvalue weighted by atomic mass is 19.1. The van der Waals surface area contributed by atoms with Crippen LogP contribution in [0.15, 0.2) is 36.4 Å². The van der Waals surface area contributed by atoms with Crippen LogP contribution in [0.25, 0.3) is 11.1 Å². The fourth-order valence-electron chi connectivity index (χ4n) is 4.12. The minimum Gasteiger partial charge on any atom is -0.354 e.